The lowest BCUT2D eigenvalue weighted by molar-refractivity contribution is -0.136. The average Bonchev–Trinajstić information content (AvgIpc) is 2.67. The topological polar surface area (TPSA) is 55.1 Å². The lowest BCUT2D eigenvalue weighted by Crippen LogP contribution is -2.41. The van der Waals surface area contributed by atoms with Gasteiger partial charge in [0.15, 0.2) is 0 Å². The Kier molecular flexibility index (Phi) is 3.91. The van der Waals surface area contributed by atoms with Gasteiger partial charge in [-0.2, -0.15) is 13.2 Å². The van der Waals surface area contributed by atoms with Crippen molar-refractivity contribution < 1.29 is 18.0 Å². The van der Waals surface area contributed by atoms with Crippen molar-refractivity contribution >= 4 is 11.6 Å². The molecule has 1 amide bonds. The van der Waals surface area contributed by atoms with Gasteiger partial charge in [-0.1, -0.05) is 20.3 Å². The van der Waals surface area contributed by atoms with Crippen molar-refractivity contribution in [1.82, 2.24) is 5.32 Å². The lowest BCUT2D eigenvalue weighted by Gasteiger charge is -2.28. The van der Waals surface area contributed by atoms with E-state index in [0.717, 1.165) is 31.4 Å². The molecule has 1 saturated carbocycles. The fourth-order valence-corrected chi connectivity index (χ4v) is 2.78. The predicted molar refractivity (Wildman–Crippen MR) is 74.7 cm³/mol. The molecule has 1 fully saturated rings. The van der Waals surface area contributed by atoms with Gasteiger partial charge in [0.25, 0.3) is 5.91 Å². The maximum absolute atomic E-state index is 12.8. The van der Waals surface area contributed by atoms with Crippen LogP contribution < -0.4 is 11.1 Å². The fraction of sp³-hybridized carbons (Fsp3) is 0.533. The van der Waals surface area contributed by atoms with Crippen LogP contribution in [-0.4, -0.2) is 11.9 Å². The minimum atomic E-state index is -4.56. The number of benzene rings is 1. The number of amides is 1. The van der Waals surface area contributed by atoms with Crippen LogP contribution in [0, 0.1) is 5.41 Å². The van der Waals surface area contributed by atoms with E-state index in [2.05, 4.69) is 19.2 Å². The normalized spacial score (nSPS) is 21.3. The number of nitrogens with two attached hydrogens (primary N) is 1. The molecule has 1 atom stereocenters. The van der Waals surface area contributed by atoms with E-state index in [0.29, 0.717) is 0 Å². The standard InChI is InChI=1S/C15H19F3N2O/c1-14(2)7-3-4-12(14)20-13(21)9-5-6-11(19)10(8-9)15(16,17)18/h5-6,8,12H,3-4,7,19H2,1-2H3,(H,20,21). The SMILES string of the molecule is CC1(C)CCCC1NC(=O)c1ccc(N)c(C(F)(F)F)c1. The Labute approximate surface area is 121 Å². The van der Waals surface area contributed by atoms with Gasteiger partial charge in [0.1, 0.15) is 0 Å². The van der Waals surface area contributed by atoms with E-state index < -0.39 is 17.6 Å². The van der Waals surface area contributed by atoms with Crippen molar-refractivity contribution in [3.8, 4) is 0 Å². The van der Waals surface area contributed by atoms with E-state index in [1.165, 1.54) is 6.07 Å². The first-order valence-electron chi connectivity index (χ1n) is 6.89. The molecule has 116 valence electrons. The molecule has 1 aliphatic rings. The second-order valence-corrected chi connectivity index (χ2v) is 6.21. The Bertz CT molecular complexity index is 552. The summed E-state index contributed by atoms with van der Waals surface area (Å²) in [4.78, 5) is 12.2. The van der Waals surface area contributed by atoms with Crippen LogP contribution in [-0.2, 0) is 6.18 Å². The number of rotatable bonds is 2. The third kappa shape index (κ3) is 3.31. The summed E-state index contributed by atoms with van der Waals surface area (Å²) in [7, 11) is 0. The molecule has 2 rings (SSSR count). The number of nitrogens with one attached hydrogen (secondary N) is 1. The van der Waals surface area contributed by atoms with Crippen LogP contribution in [0.4, 0.5) is 18.9 Å². The third-order valence-electron chi connectivity index (χ3n) is 4.18. The summed E-state index contributed by atoms with van der Waals surface area (Å²) in [5.74, 6) is -0.486. The molecule has 3 nitrogen and oxygen atoms in total. The van der Waals surface area contributed by atoms with Crippen molar-refractivity contribution in [2.45, 2.75) is 45.3 Å². The van der Waals surface area contributed by atoms with E-state index in [1.807, 2.05) is 0 Å². The van der Waals surface area contributed by atoms with Gasteiger partial charge in [-0.15, -0.1) is 0 Å². The zero-order valence-corrected chi connectivity index (χ0v) is 12.1. The Morgan fingerprint density at radius 2 is 2.05 bits per heavy atom. The van der Waals surface area contributed by atoms with Crippen molar-refractivity contribution in [2.24, 2.45) is 5.41 Å². The molecular weight excluding hydrogens is 281 g/mol. The molecule has 6 heteroatoms. The highest BCUT2D eigenvalue weighted by Crippen LogP contribution is 2.38. The molecule has 21 heavy (non-hydrogen) atoms. The minimum absolute atomic E-state index is 0.0146. The molecule has 0 saturated heterocycles. The Hall–Kier alpha value is -1.72. The first-order valence-corrected chi connectivity index (χ1v) is 6.89. The fourth-order valence-electron chi connectivity index (χ4n) is 2.78. The Balaban J connectivity index is 2.21. The van der Waals surface area contributed by atoms with Gasteiger partial charge in [-0.05, 0) is 36.5 Å². The number of hydrogen-bond acceptors (Lipinski definition) is 2. The molecule has 0 heterocycles. The number of nitrogen functional groups attached to an aromatic ring is 1. The van der Waals surface area contributed by atoms with E-state index in [1.54, 1.807) is 0 Å². The molecule has 1 aliphatic carbocycles. The van der Waals surface area contributed by atoms with Gasteiger partial charge < -0.3 is 11.1 Å². The summed E-state index contributed by atoms with van der Waals surface area (Å²) >= 11 is 0. The highest BCUT2D eigenvalue weighted by molar-refractivity contribution is 5.95. The second kappa shape index (κ2) is 5.24. The van der Waals surface area contributed by atoms with Gasteiger partial charge in [0.05, 0.1) is 5.56 Å². The number of halogens is 3. The minimum Gasteiger partial charge on any atom is -0.398 e. The van der Waals surface area contributed by atoms with E-state index >= 15 is 0 Å². The molecule has 0 aromatic heterocycles. The van der Waals surface area contributed by atoms with E-state index in [9.17, 15) is 18.0 Å². The summed E-state index contributed by atoms with van der Waals surface area (Å²) in [5, 5.41) is 2.84. The molecule has 1 aromatic carbocycles. The van der Waals surface area contributed by atoms with Crippen LogP contribution in [0.25, 0.3) is 0 Å². The quantitative estimate of drug-likeness (QED) is 0.820. The summed E-state index contributed by atoms with van der Waals surface area (Å²) in [6.45, 7) is 4.10. The summed E-state index contributed by atoms with van der Waals surface area (Å²) in [6, 6.07) is 3.24. The van der Waals surface area contributed by atoms with Gasteiger partial charge in [-0.3, -0.25) is 4.79 Å². The van der Waals surface area contributed by atoms with E-state index in [4.69, 9.17) is 5.73 Å². The van der Waals surface area contributed by atoms with E-state index in [-0.39, 0.29) is 22.7 Å². The smallest absolute Gasteiger partial charge is 0.398 e. The van der Waals surface area contributed by atoms with Crippen molar-refractivity contribution in [2.75, 3.05) is 5.73 Å². The van der Waals surface area contributed by atoms with Crippen LogP contribution in [0.5, 0.6) is 0 Å². The van der Waals surface area contributed by atoms with Gasteiger partial charge in [0.2, 0.25) is 0 Å². The van der Waals surface area contributed by atoms with Gasteiger partial charge >= 0.3 is 6.18 Å². The van der Waals surface area contributed by atoms with Crippen molar-refractivity contribution in [3.63, 3.8) is 0 Å². The summed E-state index contributed by atoms with van der Waals surface area (Å²) < 4.78 is 38.4. The highest BCUT2D eigenvalue weighted by Gasteiger charge is 2.36. The Morgan fingerprint density at radius 1 is 1.38 bits per heavy atom. The largest absolute Gasteiger partial charge is 0.418 e. The Morgan fingerprint density at radius 3 is 2.57 bits per heavy atom. The van der Waals surface area contributed by atoms with Crippen molar-refractivity contribution in [3.05, 3.63) is 29.3 Å². The first kappa shape index (κ1) is 15.7. The number of alkyl halides is 3. The van der Waals surface area contributed by atoms with Crippen LogP contribution in [0.15, 0.2) is 18.2 Å². The summed E-state index contributed by atoms with van der Waals surface area (Å²) in [5.41, 5.74) is 3.94. The monoisotopic (exact) mass is 300 g/mol. The zero-order valence-electron chi connectivity index (χ0n) is 12.1. The molecular formula is C15H19F3N2O. The molecule has 0 bridgehead atoms. The van der Waals surface area contributed by atoms with Crippen LogP contribution in [0.2, 0.25) is 0 Å². The van der Waals surface area contributed by atoms with Crippen LogP contribution >= 0.6 is 0 Å². The average molecular weight is 300 g/mol. The third-order valence-corrected chi connectivity index (χ3v) is 4.18. The molecule has 0 radical (unpaired) electrons. The van der Waals surface area contributed by atoms with Crippen LogP contribution in [0.1, 0.15) is 49.0 Å². The predicted octanol–water partition coefficient (Wildman–Crippen LogP) is 3.60. The molecule has 0 aliphatic heterocycles. The number of carbonyl (C=O) groups excluding carboxylic acids is 1. The van der Waals surface area contributed by atoms with Gasteiger partial charge in [0, 0.05) is 17.3 Å². The maximum atomic E-state index is 12.8. The summed E-state index contributed by atoms with van der Waals surface area (Å²) in [6.07, 6.45) is -1.71. The number of hydrogen-bond donors (Lipinski definition) is 2. The highest BCUT2D eigenvalue weighted by atomic mass is 19.4. The van der Waals surface area contributed by atoms with Gasteiger partial charge in [-0.25, -0.2) is 0 Å². The van der Waals surface area contributed by atoms with Crippen LogP contribution in [0.3, 0.4) is 0 Å². The molecule has 0 spiro atoms. The second-order valence-electron chi connectivity index (χ2n) is 6.21. The zero-order chi connectivity index (χ0) is 15.8. The lowest BCUT2D eigenvalue weighted by atomic mass is 9.87. The number of carbonyl (C=O) groups is 1. The molecule has 1 unspecified atom stereocenters. The van der Waals surface area contributed by atoms with Crippen molar-refractivity contribution in [1.29, 1.82) is 0 Å². The number of anilines is 1. The molecule has 3 N–H and O–H groups in total. The first-order chi connectivity index (χ1) is 9.61. The molecule has 1 aromatic rings. The maximum Gasteiger partial charge on any atom is 0.418 e.